The number of methoxy groups -OCH3 is 1. The van der Waals surface area contributed by atoms with Gasteiger partial charge in [-0.3, -0.25) is 5.32 Å². The molecular weight excluding hydrogens is 526 g/mol. The number of nitrogens with zero attached hydrogens (tertiary/aromatic N) is 2. The van der Waals surface area contributed by atoms with Crippen molar-refractivity contribution in [2.24, 2.45) is 4.99 Å². The Morgan fingerprint density at radius 3 is 2.50 bits per heavy atom. The molecule has 2 N–H and O–H groups in total. The van der Waals surface area contributed by atoms with Crippen molar-refractivity contribution in [2.75, 3.05) is 32.1 Å². The molecule has 1 fully saturated rings. The van der Waals surface area contributed by atoms with Crippen LogP contribution in [0.2, 0.25) is 0 Å². The van der Waals surface area contributed by atoms with E-state index in [1.165, 1.54) is 19.2 Å². The van der Waals surface area contributed by atoms with Crippen LogP contribution in [-0.4, -0.2) is 49.8 Å². The van der Waals surface area contributed by atoms with Gasteiger partial charge in [-0.2, -0.15) is 0 Å². The Labute approximate surface area is 205 Å². The van der Waals surface area contributed by atoms with E-state index < -0.39 is 6.09 Å². The summed E-state index contributed by atoms with van der Waals surface area (Å²) in [6.45, 7) is 6.64. The monoisotopic (exact) mass is 556 g/mol. The fourth-order valence-electron chi connectivity index (χ4n) is 3.44. The van der Waals surface area contributed by atoms with E-state index in [1.807, 2.05) is 38.1 Å². The maximum Gasteiger partial charge on any atom is 0.411 e. The number of carbonyl (C=O) groups is 1. The molecule has 174 valence electrons. The van der Waals surface area contributed by atoms with Crippen LogP contribution in [0.15, 0.2) is 53.5 Å². The maximum absolute atomic E-state index is 13.3. The summed E-state index contributed by atoms with van der Waals surface area (Å²) in [5, 5.41) is 5.99. The average molecular weight is 556 g/mol. The second-order valence-corrected chi connectivity index (χ2v) is 7.38. The number of ether oxygens (including phenoxy) is 2. The molecule has 1 saturated heterocycles. The van der Waals surface area contributed by atoms with Gasteiger partial charge in [-0.05, 0) is 49.2 Å². The SMILES string of the molecule is CCNC(=NCc1ccc(NC(=O)OC)cc1)N1CC(C)OC(c2ccc(F)cc2)C1.I. The van der Waals surface area contributed by atoms with Gasteiger partial charge >= 0.3 is 6.09 Å². The van der Waals surface area contributed by atoms with Crippen LogP contribution in [0.5, 0.6) is 0 Å². The number of benzene rings is 2. The summed E-state index contributed by atoms with van der Waals surface area (Å²) in [5.74, 6) is 0.550. The molecule has 2 aromatic carbocycles. The van der Waals surface area contributed by atoms with Gasteiger partial charge in [0, 0.05) is 18.8 Å². The molecule has 0 saturated carbocycles. The van der Waals surface area contributed by atoms with E-state index in [0.717, 1.165) is 23.6 Å². The van der Waals surface area contributed by atoms with E-state index in [4.69, 9.17) is 9.73 Å². The molecule has 0 spiro atoms. The van der Waals surface area contributed by atoms with Crippen LogP contribution in [0.1, 0.15) is 31.1 Å². The predicted molar refractivity (Wildman–Crippen MR) is 134 cm³/mol. The highest BCUT2D eigenvalue weighted by atomic mass is 127. The molecule has 0 radical (unpaired) electrons. The fraction of sp³-hybridized carbons (Fsp3) is 0.391. The Hall–Kier alpha value is -2.40. The molecule has 1 heterocycles. The first-order chi connectivity index (χ1) is 15.0. The third-order valence-electron chi connectivity index (χ3n) is 4.93. The van der Waals surface area contributed by atoms with E-state index in [-0.39, 0.29) is 42.0 Å². The van der Waals surface area contributed by atoms with Gasteiger partial charge in [-0.25, -0.2) is 14.2 Å². The second-order valence-electron chi connectivity index (χ2n) is 7.38. The number of anilines is 1. The molecule has 2 unspecified atom stereocenters. The Morgan fingerprint density at radius 1 is 1.19 bits per heavy atom. The van der Waals surface area contributed by atoms with Crippen LogP contribution in [0, 0.1) is 5.82 Å². The fourth-order valence-corrected chi connectivity index (χ4v) is 3.44. The number of amides is 1. The predicted octanol–water partition coefficient (Wildman–Crippen LogP) is 4.55. The molecule has 32 heavy (non-hydrogen) atoms. The molecular formula is C23H30FIN4O3. The second kappa shape index (κ2) is 12.6. The summed E-state index contributed by atoms with van der Waals surface area (Å²) in [6.07, 6.45) is -0.648. The highest BCUT2D eigenvalue weighted by Gasteiger charge is 2.28. The minimum atomic E-state index is -0.502. The van der Waals surface area contributed by atoms with Gasteiger partial charge in [-0.1, -0.05) is 24.3 Å². The highest BCUT2D eigenvalue weighted by Crippen LogP contribution is 2.25. The lowest BCUT2D eigenvalue weighted by molar-refractivity contribution is -0.0605. The molecule has 3 rings (SSSR count). The first-order valence-electron chi connectivity index (χ1n) is 10.4. The number of rotatable bonds is 5. The number of hydrogen-bond acceptors (Lipinski definition) is 4. The lowest BCUT2D eigenvalue weighted by Gasteiger charge is -2.38. The van der Waals surface area contributed by atoms with Crippen LogP contribution in [-0.2, 0) is 16.0 Å². The lowest BCUT2D eigenvalue weighted by Crippen LogP contribution is -2.50. The van der Waals surface area contributed by atoms with Crippen molar-refractivity contribution < 1.29 is 18.7 Å². The van der Waals surface area contributed by atoms with Gasteiger partial charge in [-0.15, -0.1) is 24.0 Å². The third kappa shape index (κ3) is 7.33. The largest absolute Gasteiger partial charge is 0.453 e. The van der Waals surface area contributed by atoms with Crippen molar-refractivity contribution in [3.05, 3.63) is 65.5 Å². The van der Waals surface area contributed by atoms with Crippen LogP contribution in [0.3, 0.4) is 0 Å². The lowest BCUT2D eigenvalue weighted by atomic mass is 10.1. The highest BCUT2D eigenvalue weighted by molar-refractivity contribution is 14.0. The molecule has 0 aromatic heterocycles. The zero-order valence-electron chi connectivity index (χ0n) is 18.5. The summed E-state index contributed by atoms with van der Waals surface area (Å²) >= 11 is 0. The summed E-state index contributed by atoms with van der Waals surface area (Å²) in [7, 11) is 1.33. The van der Waals surface area contributed by atoms with Gasteiger partial charge in [0.2, 0.25) is 0 Å². The minimum Gasteiger partial charge on any atom is -0.453 e. The van der Waals surface area contributed by atoms with E-state index in [1.54, 1.807) is 12.1 Å². The number of guanidine groups is 1. The smallest absolute Gasteiger partial charge is 0.411 e. The van der Waals surface area contributed by atoms with Crippen LogP contribution >= 0.6 is 24.0 Å². The summed E-state index contributed by atoms with van der Waals surface area (Å²) in [4.78, 5) is 18.3. The Bertz CT molecular complexity index is 893. The number of carbonyl (C=O) groups excluding carboxylic acids is 1. The number of morpholine rings is 1. The van der Waals surface area contributed by atoms with Crippen LogP contribution < -0.4 is 10.6 Å². The molecule has 0 bridgehead atoms. The van der Waals surface area contributed by atoms with Crippen molar-refractivity contribution >= 4 is 41.7 Å². The first kappa shape index (κ1) is 25.9. The Kier molecular flexibility index (Phi) is 10.2. The molecule has 0 aliphatic carbocycles. The molecule has 1 amide bonds. The van der Waals surface area contributed by atoms with Gasteiger partial charge in [0.1, 0.15) is 11.9 Å². The third-order valence-corrected chi connectivity index (χ3v) is 4.93. The zero-order valence-corrected chi connectivity index (χ0v) is 20.8. The molecule has 1 aliphatic rings. The number of halogens is 2. The zero-order chi connectivity index (χ0) is 22.2. The van der Waals surface area contributed by atoms with Gasteiger partial charge < -0.3 is 19.7 Å². The minimum absolute atomic E-state index is 0. The van der Waals surface area contributed by atoms with Crippen molar-refractivity contribution in [3.8, 4) is 0 Å². The maximum atomic E-state index is 13.3. The van der Waals surface area contributed by atoms with Crippen molar-refractivity contribution in [3.63, 3.8) is 0 Å². The van der Waals surface area contributed by atoms with Crippen LogP contribution in [0.25, 0.3) is 0 Å². The number of aliphatic imine (C=N–C) groups is 1. The normalized spacial score (nSPS) is 18.5. The summed E-state index contributed by atoms with van der Waals surface area (Å²) < 4.78 is 24.0. The first-order valence-corrected chi connectivity index (χ1v) is 10.4. The van der Waals surface area contributed by atoms with E-state index in [2.05, 4.69) is 20.3 Å². The molecule has 1 aliphatic heterocycles. The molecule has 9 heteroatoms. The van der Waals surface area contributed by atoms with Crippen molar-refractivity contribution in [1.29, 1.82) is 0 Å². The summed E-state index contributed by atoms with van der Waals surface area (Å²) in [5.41, 5.74) is 2.63. The number of hydrogen-bond donors (Lipinski definition) is 2. The van der Waals surface area contributed by atoms with Gasteiger partial charge in [0.15, 0.2) is 5.96 Å². The van der Waals surface area contributed by atoms with E-state index >= 15 is 0 Å². The Balaban J connectivity index is 0.00000363. The van der Waals surface area contributed by atoms with Crippen molar-refractivity contribution in [1.82, 2.24) is 10.2 Å². The molecule has 2 aromatic rings. The van der Waals surface area contributed by atoms with Gasteiger partial charge in [0.05, 0.1) is 26.3 Å². The number of nitrogens with one attached hydrogen (secondary N) is 2. The van der Waals surface area contributed by atoms with E-state index in [9.17, 15) is 9.18 Å². The summed E-state index contributed by atoms with van der Waals surface area (Å²) in [6, 6.07) is 13.9. The van der Waals surface area contributed by atoms with Crippen molar-refractivity contribution in [2.45, 2.75) is 32.6 Å². The quantitative estimate of drug-likeness (QED) is 0.321. The molecule has 7 nitrogen and oxygen atoms in total. The van der Waals surface area contributed by atoms with Crippen LogP contribution in [0.4, 0.5) is 14.9 Å². The standard InChI is InChI=1S/C23H29FN4O3.HI/c1-4-25-22(26-13-17-5-11-20(12-6-17)27-23(29)30-3)28-14-16(2)31-21(15-28)18-7-9-19(24)10-8-18;/h5-12,16,21H,4,13-15H2,1-3H3,(H,25,26)(H,27,29);1H. The topological polar surface area (TPSA) is 75.2 Å². The van der Waals surface area contributed by atoms with E-state index in [0.29, 0.717) is 25.3 Å². The molecule has 2 atom stereocenters. The van der Waals surface area contributed by atoms with Gasteiger partial charge in [0.25, 0.3) is 0 Å². The Morgan fingerprint density at radius 2 is 1.88 bits per heavy atom. The average Bonchev–Trinajstić information content (AvgIpc) is 2.77.